The summed E-state index contributed by atoms with van der Waals surface area (Å²) in [5, 5.41) is 3.66. The highest BCUT2D eigenvalue weighted by molar-refractivity contribution is 5.18. The van der Waals surface area contributed by atoms with E-state index in [0.29, 0.717) is 18.0 Å². The molecule has 3 heterocycles. The average Bonchev–Trinajstić information content (AvgIpc) is 3.10. The first-order valence-electron chi connectivity index (χ1n) is 7.33. The Morgan fingerprint density at radius 1 is 1.37 bits per heavy atom. The molecule has 2 atom stereocenters. The number of hydrogen-bond donors (Lipinski definition) is 1. The summed E-state index contributed by atoms with van der Waals surface area (Å²) in [5.74, 6) is 0.694. The number of aromatic nitrogens is 1. The Hall–Kier alpha value is -1.13. The Morgan fingerprint density at radius 2 is 2.32 bits per heavy atom. The molecule has 0 bridgehead atoms. The van der Waals surface area contributed by atoms with Crippen molar-refractivity contribution in [3.63, 3.8) is 0 Å². The maximum absolute atomic E-state index is 5.11. The van der Waals surface area contributed by atoms with Gasteiger partial charge in [-0.15, -0.1) is 0 Å². The molecule has 4 nitrogen and oxygen atoms in total. The highest BCUT2D eigenvalue weighted by Crippen LogP contribution is 2.26. The molecular formula is C15H23N3O. The second-order valence-corrected chi connectivity index (χ2v) is 5.59. The van der Waals surface area contributed by atoms with Crippen molar-refractivity contribution in [2.75, 3.05) is 20.2 Å². The zero-order valence-electron chi connectivity index (χ0n) is 11.6. The third kappa shape index (κ3) is 2.90. The van der Waals surface area contributed by atoms with Gasteiger partial charge in [-0.3, -0.25) is 4.90 Å². The SMILES string of the molecule is COc1ccc(CN2CCCC2C2CCCN2)cn1. The maximum Gasteiger partial charge on any atom is 0.212 e. The van der Waals surface area contributed by atoms with E-state index in [9.17, 15) is 0 Å². The minimum absolute atomic E-state index is 0.694. The summed E-state index contributed by atoms with van der Waals surface area (Å²) < 4.78 is 5.11. The van der Waals surface area contributed by atoms with E-state index in [0.717, 1.165) is 6.54 Å². The van der Waals surface area contributed by atoms with Crippen LogP contribution in [-0.4, -0.2) is 42.2 Å². The molecule has 1 aromatic rings. The van der Waals surface area contributed by atoms with Crippen LogP contribution in [-0.2, 0) is 6.54 Å². The van der Waals surface area contributed by atoms with E-state index in [1.807, 2.05) is 12.3 Å². The molecule has 19 heavy (non-hydrogen) atoms. The van der Waals surface area contributed by atoms with Crippen molar-refractivity contribution in [1.29, 1.82) is 0 Å². The number of pyridine rings is 1. The standard InChI is InChI=1S/C15H23N3O/c1-19-15-7-6-12(10-17-15)11-18-9-3-5-14(18)13-4-2-8-16-13/h6-7,10,13-14,16H,2-5,8-9,11H2,1H3. The van der Waals surface area contributed by atoms with Crippen LogP contribution in [0.2, 0.25) is 0 Å². The molecule has 2 aliphatic rings. The summed E-state index contributed by atoms with van der Waals surface area (Å²) in [5.41, 5.74) is 1.28. The Balaban J connectivity index is 1.63. The van der Waals surface area contributed by atoms with Crippen LogP contribution in [0, 0.1) is 0 Å². The molecule has 4 heteroatoms. The minimum Gasteiger partial charge on any atom is -0.481 e. The van der Waals surface area contributed by atoms with Gasteiger partial charge in [0.05, 0.1) is 7.11 Å². The van der Waals surface area contributed by atoms with Gasteiger partial charge in [-0.05, 0) is 44.3 Å². The van der Waals surface area contributed by atoms with Crippen molar-refractivity contribution in [2.24, 2.45) is 0 Å². The van der Waals surface area contributed by atoms with E-state index in [1.165, 1.54) is 44.3 Å². The Bertz CT molecular complexity index is 400. The average molecular weight is 261 g/mol. The lowest BCUT2D eigenvalue weighted by molar-refractivity contribution is 0.206. The fourth-order valence-electron chi connectivity index (χ4n) is 3.40. The normalized spacial score (nSPS) is 27.8. The van der Waals surface area contributed by atoms with Gasteiger partial charge in [-0.1, -0.05) is 6.07 Å². The van der Waals surface area contributed by atoms with Crippen molar-refractivity contribution in [3.8, 4) is 5.88 Å². The summed E-state index contributed by atoms with van der Waals surface area (Å²) in [4.78, 5) is 6.91. The maximum atomic E-state index is 5.11. The monoisotopic (exact) mass is 261 g/mol. The molecule has 2 saturated heterocycles. The van der Waals surface area contributed by atoms with Gasteiger partial charge < -0.3 is 10.1 Å². The topological polar surface area (TPSA) is 37.4 Å². The molecule has 1 N–H and O–H groups in total. The quantitative estimate of drug-likeness (QED) is 0.897. The first kappa shape index (κ1) is 12.9. The van der Waals surface area contributed by atoms with E-state index in [2.05, 4.69) is 21.3 Å². The van der Waals surface area contributed by atoms with Crippen molar-refractivity contribution >= 4 is 0 Å². The molecular weight excluding hydrogens is 238 g/mol. The molecule has 1 aromatic heterocycles. The van der Waals surface area contributed by atoms with Crippen LogP contribution in [0.1, 0.15) is 31.2 Å². The van der Waals surface area contributed by atoms with Gasteiger partial charge >= 0.3 is 0 Å². The summed E-state index contributed by atoms with van der Waals surface area (Å²) in [6.07, 6.45) is 7.27. The summed E-state index contributed by atoms with van der Waals surface area (Å²) in [6.45, 7) is 3.42. The molecule has 0 spiro atoms. The van der Waals surface area contributed by atoms with E-state index in [1.54, 1.807) is 7.11 Å². The summed E-state index contributed by atoms with van der Waals surface area (Å²) in [6, 6.07) is 5.50. The van der Waals surface area contributed by atoms with Crippen molar-refractivity contribution in [2.45, 2.75) is 44.3 Å². The van der Waals surface area contributed by atoms with Crippen LogP contribution in [0.5, 0.6) is 5.88 Å². The molecule has 2 fully saturated rings. The smallest absolute Gasteiger partial charge is 0.212 e. The first-order valence-corrected chi connectivity index (χ1v) is 7.33. The van der Waals surface area contributed by atoms with Crippen molar-refractivity contribution < 1.29 is 4.74 Å². The van der Waals surface area contributed by atoms with Crippen LogP contribution in [0.15, 0.2) is 18.3 Å². The molecule has 0 saturated carbocycles. The van der Waals surface area contributed by atoms with Gasteiger partial charge in [0, 0.05) is 30.9 Å². The lowest BCUT2D eigenvalue weighted by atomic mass is 10.0. The van der Waals surface area contributed by atoms with Crippen LogP contribution in [0.25, 0.3) is 0 Å². The van der Waals surface area contributed by atoms with Gasteiger partial charge in [0.1, 0.15) is 0 Å². The highest BCUT2D eigenvalue weighted by Gasteiger charge is 2.32. The molecule has 2 unspecified atom stereocenters. The second kappa shape index (κ2) is 5.88. The molecule has 0 radical (unpaired) electrons. The van der Waals surface area contributed by atoms with Gasteiger partial charge in [-0.2, -0.15) is 0 Å². The van der Waals surface area contributed by atoms with Crippen LogP contribution >= 0.6 is 0 Å². The van der Waals surface area contributed by atoms with Crippen LogP contribution < -0.4 is 10.1 Å². The predicted octanol–water partition coefficient (Wildman–Crippen LogP) is 1.81. The number of nitrogens with one attached hydrogen (secondary N) is 1. The van der Waals surface area contributed by atoms with E-state index < -0.39 is 0 Å². The zero-order chi connectivity index (χ0) is 13.1. The van der Waals surface area contributed by atoms with Gasteiger partial charge in [0.2, 0.25) is 5.88 Å². The number of methoxy groups -OCH3 is 1. The fourth-order valence-corrected chi connectivity index (χ4v) is 3.40. The zero-order valence-corrected chi connectivity index (χ0v) is 11.6. The number of ether oxygens (including phenoxy) is 1. The first-order chi connectivity index (χ1) is 9.36. The van der Waals surface area contributed by atoms with Gasteiger partial charge in [0.25, 0.3) is 0 Å². The third-order valence-corrected chi connectivity index (χ3v) is 4.37. The lowest BCUT2D eigenvalue weighted by Crippen LogP contribution is -2.43. The number of nitrogens with zero attached hydrogens (tertiary/aromatic N) is 2. The lowest BCUT2D eigenvalue weighted by Gasteiger charge is -2.29. The number of likely N-dealkylation sites (tertiary alicyclic amines) is 1. The molecule has 2 aliphatic heterocycles. The van der Waals surface area contributed by atoms with Crippen molar-refractivity contribution in [1.82, 2.24) is 15.2 Å². The molecule has 104 valence electrons. The van der Waals surface area contributed by atoms with Crippen LogP contribution in [0.4, 0.5) is 0 Å². The second-order valence-electron chi connectivity index (χ2n) is 5.59. The van der Waals surface area contributed by atoms with E-state index in [4.69, 9.17) is 4.74 Å². The van der Waals surface area contributed by atoms with E-state index >= 15 is 0 Å². The van der Waals surface area contributed by atoms with Crippen LogP contribution in [0.3, 0.4) is 0 Å². The largest absolute Gasteiger partial charge is 0.481 e. The fraction of sp³-hybridized carbons (Fsp3) is 0.667. The van der Waals surface area contributed by atoms with Crippen molar-refractivity contribution in [3.05, 3.63) is 23.9 Å². The van der Waals surface area contributed by atoms with Gasteiger partial charge in [-0.25, -0.2) is 4.98 Å². The molecule has 3 rings (SSSR count). The van der Waals surface area contributed by atoms with Gasteiger partial charge in [0.15, 0.2) is 0 Å². The minimum atomic E-state index is 0.694. The summed E-state index contributed by atoms with van der Waals surface area (Å²) in [7, 11) is 1.66. The Morgan fingerprint density at radius 3 is 3.00 bits per heavy atom. The number of hydrogen-bond acceptors (Lipinski definition) is 4. The molecule has 0 aliphatic carbocycles. The Kier molecular flexibility index (Phi) is 3.99. The summed E-state index contributed by atoms with van der Waals surface area (Å²) >= 11 is 0. The number of rotatable bonds is 4. The highest BCUT2D eigenvalue weighted by atomic mass is 16.5. The molecule has 0 amide bonds. The third-order valence-electron chi connectivity index (χ3n) is 4.37. The van der Waals surface area contributed by atoms with E-state index in [-0.39, 0.29) is 0 Å². The Labute approximate surface area is 115 Å². The molecule has 0 aromatic carbocycles. The predicted molar refractivity (Wildman–Crippen MR) is 75.2 cm³/mol.